The van der Waals surface area contributed by atoms with E-state index in [4.69, 9.17) is 0 Å². The van der Waals surface area contributed by atoms with Crippen molar-refractivity contribution in [3.63, 3.8) is 0 Å². The van der Waals surface area contributed by atoms with Crippen LogP contribution in [-0.2, 0) is 4.79 Å². The van der Waals surface area contributed by atoms with Crippen LogP contribution in [0.4, 0.5) is 0 Å². The van der Waals surface area contributed by atoms with E-state index < -0.39 is 0 Å². The van der Waals surface area contributed by atoms with Crippen LogP contribution in [0.25, 0.3) is 0 Å². The molecule has 0 bridgehead atoms. The number of carbonyl (C=O) groups excluding carboxylic acids is 2. The average Bonchev–Trinajstić information content (AvgIpc) is 3.09. The number of carbonyl (C=O) groups is 2. The Balaban J connectivity index is 1.55. The molecule has 0 unspecified atom stereocenters. The summed E-state index contributed by atoms with van der Waals surface area (Å²) < 4.78 is 0. The van der Waals surface area contributed by atoms with Crippen molar-refractivity contribution in [3.05, 3.63) is 16.6 Å². The molecular formula is C12H16N4O2S. The van der Waals surface area contributed by atoms with Gasteiger partial charge in [0.1, 0.15) is 0 Å². The molecule has 2 amide bonds. The number of piperazine rings is 1. The largest absolute Gasteiger partial charge is 0.354 e. The van der Waals surface area contributed by atoms with Gasteiger partial charge >= 0.3 is 0 Å². The van der Waals surface area contributed by atoms with E-state index in [0.717, 1.165) is 19.6 Å². The molecule has 1 atom stereocenters. The Hall–Kier alpha value is -1.47. The van der Waals surface area contributed by atoms with Gasteiger partial charge in [0.2, 0.25) is 5.91 Å². The van der Waals surface area contributed by atoms with E-state index in [1.54, 1.807) is 6.20 Å². The van der Waals surface area contributed by atoms with Gasteiger partial charge in [0.05, 0.1) is 0 Å². The molecule has 0 saturated carbocycles. The fourth-order valence-corrected chi connectivity index (χ4v) is 3.20. The van der Waals surface area contributed by atoms with E-state index in [1.807, 2.05) is 10.3 Å². The molecule has 0 aromatic carbocycles. The number of thiazole rings is 1. The van der Waals surface area contributed by atoms with Crippen molar-refractivity contribution in [1.29, 1.82) is 0 Å². The van der Waals surface area contributed by atoms with Crippen LogP contribution >= 0.6 is 11.3 Å². The number of rotatable bonds is 2. The third kappa shape index (κ3) is 2.62. The van der Waals surface area contributed by atoms with Gasteiger partial charge in [-0.3, -0.25) is 14.5 Å². The maximum atomic E-state index is 12.1. The maximum Gasteiger partial charge on any atom is 0.282 e. The summed E-state index contributed by atoms with van der Waals surface area (Å²) in [6.45, 7) is 3.82. The number of aromatic nitrogens is 1. The molecule has 0 spiro atoms. The molecule has 1 aromatic rings. The number of hydrogen-bond donors (Lipinski definition) is 1. The van der Waals surface area contributed by atoms with Crippen LogP contribution in [0, 0.1) is 0 Å². The predicted molar refractivity (Wildman–Crippen MR) is 71.0 cm³/mol. The third-order valence-corrected chi connectivity index (χ3v) is 4.45. The molecule has 1 aromatic heterocycles. The van der Waals surface area contributed by atoms with Gasteiger partial charge in [-0.2, -0.15) is 0 Å². The topological polar surface area (TPSA) is 65.5 Å². The summed E-state index contributed by atoms with van der Waals surface area (Å²) in [4.78, 5) is 31.5. The van der Waals surface area contributed by atoms with Crippen molar-refractivity contribution < 1.29 is 9.59 Å². The lowest BCUT2D eigenvalue weighted by Crippen LogP contribution is -2.52. The summed E-state index contributed by atoms with van der Waals surface area (Å²) in [5.74, 6) is 0.154. The Bertz CT molecular complexity index is 468. The molecule has 2 aliphatic heterocycles. The average molecular weight is 280 g/mol. The monoisotopic (exact) mass is 280 g/mol. The highest BCUT2D eigenvalue weighted by Crippen LogP contribution is 2.15. The number of nitrogens with zero attached hydrogens (tertiary/aromatic N) is 3. The Morgan fingerprint density at radius 3 is 2.74 bits per heavy atom. The maximum absolute atomic E-state index is 12.1. The minimum Gasteiger partial charge on any atom is -0.354 e. The van der Waals surface area contributed by atoms with Crippen LogP contribution in [0.1, 0.15) is 16.2 Å². The summed E-state index contributed by atoms with van der Waals surface area (Å²) >= 11 is 1.38. The first-order valence-corrected chi connectivity index (χ1v) is 7.31. The second kappa shape index (κ2) is 5.26. The summed E-state index contributed by atoms with van der Waals surface area (Å²) in [6.07, 6.45) is 2.24. The molecule has 2 aliphatic rings. The Morgan fingerprint density at radius 2 is 2.16 bits per heavy atom. The Kier molecular flexibility index (Phi) is 3.48. The zero-order valence-corrected chi connectivity index (χ0v) is 11.4. The second-order valence-electron chi connectivity index (χ2n) is 4.83. The molecule has 3 heterocycles. The van der Waals surface area contributed by atoms with Gasteiger partial charge in [-0.05, 0) is 0 Å². The smallest absolute Gasteiger partial charge is 0.282 e. The first-order valence-electron chi connectivity index (χ1n) is 6.43. The second-order valence-corrected chi connectivity index (χ2v) is 5.72. The first-order chi connectivity index (χ1) is 9.24. The van der Waals surface area contributed by atoms with E-state index in [9.17, 15) is 9.59 Å². The SMILES string of the molecule is O=C1C[C@H](N2CCN(C(=O)c3nccs3)CC2)CN1. The van der Waals surface area contributed by atoms with E-state index in [1.165, 1.54) is 11.3 Å². The Morgan fingerprint density at radius 1 is 1.37 bits per heavy atom. The zero-order valence-electron chi connectivity index (χ0n) is 10.5. The lowest BCUT2D eigenvalue weighted by molar-refractivity contribution is -0.119. The molecule has 1 N–H and O–H groups in total. The van der Waals surface area contributed by atoms with Crippen LogP contribution in [0.15, 0.2) is 11.6 Å². The van der Waals surface area contributed by atoms with Crippen molar-refractivity contribution in [2.75, 3.05) is 32.7 Å². The van der Waals surface area contributed by atoms with Crippen molar-refractivity contribution in [3.8, 4) is 0 Å². The van der Waals surface area contributed by atoms with Gasteiger partial charge in [-0.1, -0.05) is 0 Å². The van der Waals surface area contributed by atoms with Crippen LogP contribution in [0.2, 0.25) is 0 Å². The molecule has 0 aliphatic carbocycles. The highest BCUT2D eigenvalue weighted by Gasteiger charge is 2.31. The highest BCUT2D eigenvalue weighted by molar-refractivity contribution is 7.11. The van der Waals surface area contributed by atoms with Gasteiger partial charge in [0.25, 0.3) is 5.91 Å². The summed E-state index contributed by atoms with van der Waals surface area (Å²) in [6, 6.07) is 0.296. The lowest BCUT2D eigenvalue weighted by atomic mass is 10.2. The van der Waals surface area contributed by atoms with Crippen molar-refractivity contribution >= 4 is 23.2 Å². The van der Waals surface area contributed by atoms with Crippen molar-refractivity contribution in [2.24, 2.45) is 0 Å². The first kappa shape index (κ1) is 12.6. The number of hydrogen-bond acceptors (Lipinski definition) is 5. The van der Waals surface area contributed by atoms with Crippen LogP contribution in [-0.4, -0.2) is 65.4 Å². The summed E-state index contributed by atoms with van der Waals surface area (Å²) in [5.41, 5.74) is 0. The van der Waals surface area contributed by atoms with E-state index in [0.29, 0.717) is 30.6 Å². The van der Waals surface area contributed by atoms with Crippen LogP contribution < -0.4 is 5.32 Å². The van der Waals surface area contributed by atoms with Gasteiger partial charge in [0, 0.05) is 56.8 Å². The van der Waals surface area contributed by atoms with Crippen molar-refractivity contribution in [1.82, 2.24) is 20.1 Å². The van der Waals surface area contributed by atoms with Gasteiger partial charge in [0.15, 0.2) is 5.01 Å². The predicted octanol–water partition coefficient (Wildman–Crippen LogP) is -0.211. The molecule has 0 radical (unpaired) electrons. The van der Waals surface area contributed by atoms with E-state index in [2.05, 4.69) is 15.2 Å². The molecule has 2 saturated heterocycles. The number of amides is 2. The molecule has 2 fully saturated rings. The van der Waals surface area contributed by atoms with Gasteiger partial charge in [-0.15, -0.1) is 11.3 Å². The van der Waals surface area contributed by atoms with Crippen molar-refractivity contribution in [2.45, 2.75) is 12.5 Å². The van der Waals surface area contributed by atoms with Crippen LogP contribution in [0.3, 0.4) is 0 Å². The molecule has 102 valence electrons. The summed E-state index contributed by atoms with van der Waals surface area (Å²) in [7, 11) is 0. The number of nitrogens with one attached hydrogen (secondary N) is 1. The Labute approximate surface area is 115 Å². The molecule has 6 nitrogen and oxygen atoms in total. The minimum atomic E-state index is 0.0234. The van der Waals surface area contributed by atoms with Gasteiger partial charge < -0.3 is 10.2 Å². The molecule has 7 heteroatoms. The minimum absolute atomic E-state index is 0.0234. The molecule has 3 rings (SSSR count). The molecule has 19 heavy (non-hydrogen) atoms. The quantitative estimate of drug-likeness (QED) is 0.814. The lowest BCUT2D eigenvalue weighted by Gasteiger charge is -2.37. The van der Waals surface area contributed by atoms with Crippen LogP contribution in [0.5, 0.6) is 0 Å². The van der Waals surface area contributed by atoms with E-state index in [-0.39, 0.29) is 11.8 Å². The fourth-order valence-electron chi connectivity index (χ4n) is 2.60. The normalized spacial score (nSPS) is 24.5. The molecular weight excluding hydrogens is 264 g/mol. The third-order valence-electron chi connectivity index (χ3n) is 3.69. The summed E-state index contributed by atoms with van der Waals surface area (Å²) in [5, 5.41) is 5.23. The van der Waals surface area contributed by atoms with Gasteiger partial charge in [-0.25, -0.2) is 4.98 Å². The highest BCUT2D eigenvalue weighted by atomic mass is 32.1. The fraction of sp³-hybridized carbons (Fsp3) is 0.583. The zero-order chi connectivity index (χ0) is 13.2. The van der Waals surface area contributed by atoms with E-state index >= 15 is 0 Å². The standard InChI is InChI=1S/C12H16N4O2S/c17-10-7-9(8-14-10)15-2-4-16(5-3-15)12(18)11-13-1-6-19-11/h1,6,9H,2-5,7-8H2,(H,14,17)/t9-/m0/s1.